The molecule has 1 atom stereocenters. The van der Waals surface area contributed by atoms with Gasteiger partial charge in [-0.15, -0.1) is 0 Å². The molecule has 0 radical (unpaired) electrons. The Morgan fingerprint density at radius 2 is 1.67 bits per heavy atom. The summed E-state index contributed by atoms with van der Waals surface area (Å²) in [7, 11) is -2.73. The Bertz CT molecular complexity index is 1020. The molecule has 0 bridgehead atoms. The zero-order valence-electron chi connectivity index (χ0n) is 16.8. The van der Waals surface area contributed by atoms with Gasteiger partial charge in [0.05, 0.1) is 22.6 Å². The molecule has 10 heteroatoms. The maximum atomic E-state index is 12.6. The maximum Gasteiger partial charge on any atom is 0.244 e. The molecule has 162 valence electrons. The molecular weight excluding hydrogens is 449 g/mol. The molecular formula is C20H23Cl2N3O4S. The van der Waals surface area contributed by atoms with Crippen molar-refractivity contribution >= 4 is 50.7 Å². The number of hydrogen-bond donors (Lipinski definition) is 2. The molecule has 0 saturated carbocycles. The van der Waals surface area contributed by atoms with Crippen molar-refractivity contribution < 1.29 is 18.0 Å². The number of anilines is 1. The Balaban J connectivity index is 2.04. The molecule has 2 amide bonds. The van der Waals surface area contributed by atoms with Gasteiger partial charge in [-0.25, -0.2) is 8.42 Å². The molecule has 2 N–H and O–H groups in total. The van der Waals surface area contributed by atoms with Crippen LogP contribution in [0.2, 0.25) is 10.0 Å². The fourth-order valence-electron chi connectivity index (χ4n) is 2.85. The van der Waals surface area contributed by atoms with E-state index < -0.39 is 27.9 Å². The summed E-state index contributed by atoms with van der Waals surface area (Å²) in [4.78, 5) is 25.8. The van der Waals surface area contributed by atoms with Crippen molar-refractivity contribution in [2.24, 2.45) is 0 Å². The van der Waals surface area contributed by atoms with Crippen LogP contribution < -0.4 is 10.0 Å². The summed E-state index contributed by atoms with van der Waals surface area (Å²) in [6.45, 7) is 3.11. The van der Waals surface area contributed by atoms with Gasteiger partial charge in [0, 0.05) is 12.7 Å². The molecule has 7 nitrogen and oxygen atoms in total. The number of aryl methyl sites for hydroxylation is 1. The van der Waals surface area contributed by atoms with Gasteiger partial charge in [0.15, 0.2) is 0 Å². The zero-order chi connectivity index (χ0) is 22.5. The maximum absolute atomic E-state index is 12.6. The number of hydrogen-bond acceptors (Lipinski definition) is 4. The van der Waals surface area contributed by atoms with Crippen LogP contribution >= 0.6 is 23.2 Å². The number of amides is 2. The Kier molecular flexibility index (Phi) is 8.25. The highest BCUT2D eigenvalue weighted by Crippen LogP contribution is 2.29. The van der Waals surface area contributed by atoms with E-state index in [9.17, 15) is 18.0 Å². The van der Waals surface area contributed by atoms with E-state index in [-0.39, 0.29) is 21.5 Å². The molecule has 0 aromatic heterocycles. The molecule has 2 aromatic rings. The van der Waals surface area contributed by atoms with Gasteiger partial charge in [-0.3, -0.25) is 9.59 Å². The van der Waals surface area contributed by atoms with Crippen LogP contribution in [0.5, 0.6) is 0 Å². The molecule has 0 aliphatic carbocycles. The zero-order valence-corrected chi connectivity index (χ0v) is 19.1. The largest absolute Gasteiger partial charge is 0.335 e. The van der Waals surface area contributed by atoms with E-state index in [0.717, 1.165) is 16.9 Å². The lowest BCUT2D eigenvalue weighted by atomic mass is 10.1. The smallest absolute Gasteiger partial charge is 0.244 e. The lowest BCUT2D eigenvalue weighted by Gasteiger charge is -2.22. The van der Waals surface area contributed by atoms with Crippen LogP contribution in [-0.4, -0.2) is 44.8 Å². The lowest BCUT2D eigenvalue weighted by molar-refractivity contribution is -0.134. The molecule has 0 unspecified atom stereocenters. The summed E-state index contributed by atoms with van der Waals surface area (Å²) < 4.78 is 27.5. The number of carbonyl (C=O) groups is 2. The predicted octanol–water partition coefficient (Wildman–Crippen LogP) is 3.32. The first-order valence-corrected chi connectivity index (χ1v) is 11.4. The van der Waals surface area contributed by atoms with Crippen molar-refractivity contribution in [1.82, 2.24) is 9.62 Å². The molecule has 0 heterocycles. The van der Waals surface area contributed by atoms with Crippen LogP contribution in [0.1, 0.15) is 19.4 Å². The number of para-hydroxylation sites is 1. The second-order valence-electron chi connectivity index (χ2n) is 6.65. The molecule has 30 heavy (non-hydrogen) atoms. The fourth-order valence-corrected chi connectivity index (χ4v) is 5.19. The summed E-state index contributed by atoms with van der Waals surface area (Å²) in [6, 6.07) is 10.5. The highest BCUT2D eigenvalue weighted by molar-refractivity contribution is 7.89. The van der Waals surface area contributed by atoms with Crippen molar-refractivity contribution in [3.05, 3.63) is 58.1 Å². The van der Waals surface area contributed by atoms with Crippen molar-refractivity contribution in [2.45, 2.75) is 31.2 Å². The Hall–Kier alpha value is -2.13. The monoisotopic (exact) mass is 471 g/mol. The molecule has 0 saturated heterocycles. The summed E-state index contributed by atoms with van der Waals surface area (Å²) in [5, 5.41) is 2.65. The molecule has 0 aliphatic heterocycles. The summed E-state index contributed by atoms with van der Waals surface area (Å²) >= 11 is 11.9. The Labute approximate surface area is 186 Å². The number of rotatable bonds is 8. The number of halogens is 2. The highest BCUT2D eigenvalue weighted by Gasteiger charge is 2.28. The lowest BCUT2D eigenvalue weighted by Crippen LogP contribution is -2.47. The predicted molar refractivity (Wildman–Crippen MR) is 118 cm³/mol. The fraction of sp³-hybridized carbons (Fsp3) is 0.300. The first-order chi connectivity index (χ1) is 14.1. The minimum atomic E-state index is -4.15. The third-order valence-corrected chi connectivity index (χ3v) is 6.81. The topological polar surface area (TPSA) is 95.6 Å². The van der Waals surface area contributed by atoms with Crippen molar-refractivity contribution in [2.75, 3.05) is 18.9 Å². The normalized spacial score (nSPS) is 12.3. The van der Waals surface area contributed by atoms with E-state index in [0.29, 0.717) is 5.69 Å². The van der Waals surface area contributed by atoms with Gasteiger partial charge in [0.25, 0.3) is 0 Å². The third-order valence-electron chi connectivity index (χ3n) is 4.32. The SMILES string of the molecule is CCc1ccccc1NC(=O)CN(C)C(=O)[C@H](C)NS(=O)(=O)c1c(Cl)cccc1Cl. The number of sulfonamides is 1. The van der Waals surface area contributed by atoms with Gasteiger partial charge in [-0.05, 0) is 37.1 Å². The number of nitrogens with one attached hydrogen (secondary N) is 2. The number of nitrogens with zero attached hydrogens (tertiary/aromatic N) is 1. The Morgan fingerprint density at radius 3 is 2.27 bits per heavy atom. The number of likely N-dealkylation sites (N-methyl/N-ethyl adjacent to an activating group) is 1. The van der Waals surface area contributed by atoms with Gasteiger partial charge >= 0.3 is 0 Å². The average molecular weight is 472 g/mol. The van der Waals surface area contributed by atoms with Crippen LogP contribution in [0.25, 0.3) is 0 Å². The molecule has 0 fully saturated rings. The second kappa shape index (κ2) is 10.3. The standard InChI is InChI=1S/C20H23Cl2N3O4S/c1-4-14-8-5-6-11-17(14)23-18(26)12-25(3)20(27)13(2)24-30(28,29)19-15(21)9-7-10-16(19)22/h5-11,13,24H,4,12H2,1-3H3,(H,23,26)/t13-/m0/s1. The number of benzene rings is 2. The first-order valence-electron chi connectivity index (χ1n) is 9.16. The van der Waals surface area contributed by atoms with E-state index in [2.05, 4.69) is 10.0 Å². The summed E-state index contributed by atoms with van der Waals surface area (Å²) in [5.74, 6) is -0.975. The van der Waals surface area contributed by atoms with Crippen molar-refractivity contribution in [1.29, 1.82) is 0 Å². The summed E-state index contributed by atoms with van der Waals surface area (Å²) in [5.41, 5.74) is 1.64. The van der Waals surface area contributed by atoms with Crippen LogP contribution in [0.3, 0.4) is 0 Å². The van der Waals surface area contributed by atoms with E-state index in [1.807, 2.05) is 19.1 Å². The van der Waals surface area contributed by atoms with E-state index in [1.165, 1.54) is 32.2 Å². The van der Waals surface area contributed by atoms with Gasteiger partial charge in [0.1, 0.15) is 4.90 Å². The molecule has 2 rings (SSSR count). The summed E-state index contributed by atoms with van der Waals surface area (Å²) in [6.07, 6.45) is 0.745. The minimum Gasteiger partial charge on any atom is -0.335 e. The van der Waals surface area contributed by atoms with E-state index >= 15 is 0 Å². The van der Waals surface area contributed by atoms with Gasteiger partial charge < -0.3 is 10.2 Å². The van der Waals surface area contributed by atoms with Crippen LogP contribution in [0.15, 0.2) is 47.4 Å². The molecule has 0 aliphatic rings. The molecule has 0 spiro atoms. The van der Waals surface area contributed by atoms with Gasteiger partial charge in [-0.1, -0.05) is 54.4 Å². The van der Waals surface area contributed by atoms with Crippen molar-refractivity contribution in [3.8, 4) is 0 Å². The van der Waals surface area contributed by atoms with Crippen LogP contribution in [0.4, 0.5) is 5.69 Å². The van der Waals surface area contributed by atoms with Crippen LogP contribution in [0, 0.1) is 0 Å². The highest BCUT2D eigenvalue weighted by atomic mass is 35.5. The minimum absolute atomic E-state index is 0.0584. The number of carbonyl (C=O) groups excluding carboxylic acids is 2. The van der Waals surface area contributed by atoms with Gasteiger partial charge in [-0.2, -0.15) is 4.72 Å². The van der Waals surface area contributed by atoms with Crippen LogP contribution in [-0.2, 0) is 26.0 Å². The molecule has 2 aromatic carbocycles. The quantitative estimate of drug-likeness (QED) is 0.616. The van der Waals surface area contributed by atoms with Crippen molar-refractivity contribution in [3.63, 3.8) is 0 Å². The Morgan fingerprint density at radius 1 is 1.07 bits per heavy atom. The van der Waals surface area contributed by atoms with E-state index in [4.69, 9.17) is 23.2 Å². The first kappa shape index (κ1) is 24.1. The average Bonchev–Trinajstić information content (AvgIpc) is 2.66. The second-order valence-corrected chi connectivity index (χ2v) is 9.11. The van der Waals surface area contributed by atoms with E-state index in [1.54, 1.807) is 12.1 Å². The van der Waals surface area contributed by atoms with Gasteiger partial charge in [0.2, 0.25) is 21.8 Å². The third kappa shape index (κ3) is 5.95.